The van der Waals surface area contributed by atoms with Gasteiger partial charge >= 0.3 is 11.6 Å². The number of nitro groups is 1. The lowest BCUT2D eigenvalue weighted by atomic mass is 10.3. The largest absolute Gasteiger partial charge is 0.432 e. The van der Waals surface area contributed by atoms with Crippen LogP contribution in [0.2, 0.25) is 10.2 Å². The van der Waals surface area contributed by atoms with E-state index in [4.69, 9.17) is 27.9 Å². The van der Waals surface area contributed by atoms with Crippen molar-refractivity contribution in [1.82, 2.24) is 4.98 Å². The summed E-state index contributed by atoms with van der Waals surface area (Å²) in [7, 11) is 0. The van der Waals surface area contributed by atoms with Crippen LogP contribution in [0.5, 0.6) is 11.6 Å². The first-order valence-corrected chi connectivity index (χ1v) is 6.56. The van der Waals surface area contributed by atoms with Gasteiger partial charge in [0.2, 0.25) is 0 Å². The lowest BCUT2D eigenvalue weighted by Crippen LogP contribution is -1.97. The predicted molar refractivity (Wildman–Crippen MR) is 75.1 cm³/mol. The molecule has 1 heterocycles. The Hall–Kier alpha value is -1.44. The molecule has 2 aromatic rings. The topological polar surface area (TPSA) is 65.3 Å². The molecule has 0 saturated heterocycles. The van der Waals surface area contributed by atoms with Crippen molar-refractivity contribution in [2.75, 3.05) is 0 Å². The summed E-state index contributed by atoms with van der Waals surface area (Å²) < 4.78 is 18.9. The van der Waals surface area contributed by atoms with E-state index in [1.54, 1.807) is 0 Å². The molecular weight excluding hydrogens is 378 g/mol. The number of halogens is 4. The average Bonchev–Trinajstić information content (AvgIpc) is 2.35. The van der Waals surface area contributed by atoms with Crippen molar-refractivity contribution >= 4 is 44.8 Å². The molecule has 1 aromatic heterocycles. The molecule has 9 heteroatoms. The number of ether oxygens (including phenoxy) is 1. The maximum atomic E-state index is 13.4. The van der Waals surface area contributed by atoms with E-state index in [1.165, 1.54) is 12.1 Å². The summed E-state index contributed by atoms with van der Waals surface area (Å²) in [4.78, 5) is 13.9. The molecule has 1 aromatic carbocycles. The quantitative estimate of drug-likeness (QED) is 0.325. The molecule has 20 heavy (non-hydrogen) atoms. The van der Waals surface area contributed by atoms with Crippen molar-refractivity contribution in [3.8, 4) is 11.6 Å². The minimum absolute atomic E-state index is 0.00948. The molecule has 104 valence electrons. The zero-order valence-corrected chi connectivity index (χ0v) is 12.5. The first kappa shape index (κ1) is 15.0. The molecule has 0 unspecified atom stereocenters. The summed E-state index contributed by atoms with van der Waals surface area (Å²) in [6.45, 7) is 0. The van der Waals surface area contributed by atoms with Crippen LogP contribution >= 0.6 is 39.1 Å². The Bertz CT molecular complexity index is 700. The van der Waals surface area contributed by atoms with E-state index >= 15 is 0 Å². The van der Waals surface area contributed by atoms with Crippen molar-refractivity contribution < 1.29 is 14.1 Å². The number of pyridine rings is 1. The Morgan fingerprint density at radius 2 is 2.05 bits per heavy atom. The van der Waals surface area contributed by atoms with Crippen LogP contribution in [0.1, 0.15) is 0 Å². The summed E-state index contributed by atoms with van der Waals surface area (Å²) in [5.74, 6) is -1.08. The van der Waals surface area contributed by atoms with Crippen molar-refractivity contribution in [2.45, 2.75) is 0 Å². The van der Waals surface area contributed by atoms with Gasteiger partial charge in [0, 0.05) is 12.1 Å². The highest BCUT2D eigenvalue weighted by molar-refractivity contribution is 9.10. The highest BCUT2D eigenvalue weighted by Gasteiger charge is 2.20. The predicted octanol–water partition coefficient (Wildman–Crippen LogP) is 4.99. The minimum atomic E-state index is -0.727. The van der Waals surface area contributed by atoms with Crippen LogP contribution in [0.15, 0.2) is 28.7 Å². The van der Waals surface area contributed by atoms with E-state index in [0.717, 1.165) is 12.1 Å². The number of nitrogens with zero attached hydrogens (tertiary/aromatic N) is 2. The molecule has 0 radical (unpaired) electrons. The Morgan fingerprint density at radius 1 is 1.35 bits per heavy atom. The number of benzene rings is 1. The van der Waals surface area contributed by atoms with Crippen molar-refractivity contribution in [2.24, 2.45) is 0 Å². The summed E-state index contributed by atoms with van der Waals surface area (Å²) >= 11 is 14.4. The van der Waals surface area contributed by atoms with Gasteiger partial charge in [-0.2, -0.15) is 4.98 Å². The molecule has 0 aliphatic rings. The monoisotopic (exact) mass is 380 g/mol. The lowest BCUT2D eigenvalue weighted by Gasteiger charge is -2.08. The van der Waals surface area contributed by atoms with Crippen molar-refractivity contribution in [1.29, 1.82) is 0 Å². The SMILES string of the molecule is O=[N+]([O-])c1ccc(Cl)nc1Oc1cc(F)c(Cl)cc1Br. The highest BCUT2D eigenvalue weighted by atomic mass is 79.9. The molecule has 2 rings (SSSR count). The molecule has 0 fully saturated rings. The van der Waals surface area contributed by atoms with E-state index in [1.807, 2.05) is 0 Å². The second-order valence-electron chi connectivity index (χ2n) is 3.51. The van der Waals surface area contributed by atoms with Crippen LogP contribution in [-0.4, -0.2) is 9.91 Å². The van der Waals surface area contributed by atoms with E-state index in [-0.39, 0.29) is 21.8 Å². The third kappa shape index (κ3) is 3.17. The molecule has 0 amide bonds. The van der Waals surface area contributed by atoms with E-state index in [0.29, 0.717) is 4.47 Å². The summed E-state index contributed by atoms with van der Waals surface area (Å²) in [6, 6.07) is 4.65. The smallest absolute Gasteiger partial charge is 0.331 e. The summed E-state index contributed by atoms with van der Waals surface area (Å²) in [6.07, 6.45) is 0. The van der Waals surface area contributed by atoms with Crippen LogP contribution in [0.3, 0.4) is 0 Å². The van der Waals surface area contributed by atoms with E-state index in [9.17, 15) is 14.5 Å². The van der Waals surface area contributed by atoms with Gasteiger partial charge in [-0.25, -0.2) is 4.39 Å². The van der Waals surface area contributed by atoms with Crippen LogP contribution in [0, 0.1) is 15.9 Å². The maximum absolute atomic E-state index is 13.4. The normalized spacial score (nSPS) is 10.4. The summed E-state index contributed by atoms with van der Waals surface area (Å²) in [5, 5.41) is 10.8. The second kappa shape index (κ2) is 5.90. The van der Waals surface area contributed by atoms with Gasteiger partial charge in [0.1, 0.15) is 16.7 Å². The van der Waals surface area contributed by atoms with Gasteiger partial charge in [-0.3, -0.25) is 10.1 Å². The molecule has 5 nitrogen and oxygen atoms in total. The molecule has 0 aliphatic heterocycles. The lowest BCUT2D eigenvalue weighted by molar-refractivity contribution is -0.386. The minimum Gasteiger partial charge on any atom is -0.432 e. The van der Waals surface area contributed by atoms with Gasteiger partial charge in [-0.1, -0.05) is 23.2 Å². The van der Waals surface area contributed by atoms with Gasteiger partial charge in [-0.05, 0) is 28.1 Å². The van der Waals surface area contributed by atoms with Gasteiger partial charge in [0.25, 0.3) is 0 Å². The first-order valence-electron chi connectivity index (χ1n) is 5.02. The fraction of sp³-hybridized carbons (Fsp3) is 0. The average molecular weight is 382 g/mol. The Morgan fingerprint density at radius 3 is 2.70 bits per heavy atom. The van der Waals surface area contributed by atoms with Crippen molar-refractivity contribution in [3.05, 3.63) is 54.8 Å². The van der Waals surface area contributed by atoms with Gasteiger partial charge in [0.15, 0.2) is 0 Å². The third-order valence-electron chi connectivity index (χ3n) is 2.18. The Balaban J connectivity index is 2.47. The molecule has 0 bridgehead atoms. The maximum Gasteiger partial charge on any atom is 0.331 e. The van der Waals surface area contributed by atoms with E-state index in [2.05, 4.69) is 20.9 Å². The molecule has 0 saturated carbocycles. The van der Waals surface area contributed by atoms with Crippen LogP contribution in [-0.2, 0) is 0 Å². The fourth-order valence-corrected chi connectivity index (χ4v) is 2.17. The second-order valence-corrected chi connectivity index (χ2v) is 5.16. The number of hydrogen-bond donors (Lipinski definition) is 0. The van der Waals surface area contributed by atoms with Crippen LogP contribution in [0.4, 0.5) is 10.1 Å². The van der Waals surface area contributed by atoms with Gasteiger partial charge in [0.05, 0.1) is 14.4 Å². The number of rotatable bonds is 3. The molecule has 0 atom stereocenters. The van der Waals surface area contributed by atoms with E-state index < -0.39 is 16.4 Å². The number of hydrogen-bond acceptors (Lipinski definition) is 4. The zero-order valence-electron chi connectivity index (χ0n) is 9.44. The van der Waals surface area contributed by atoms with Gasteiger partial charge in [-0.15, -0.1) is 0 Å². The summed E-state index contributed by atoms with van der Waals surface area (Å²) in [5.41, 5.74) is -0.392. The van der Waals surface area contributed by atoms with Crippen molar-refractivity contribution in [3.63, 3.8) is 0 Å². The van der Waals surface area contributed by atoms with Crippen LogP contribution < -0.4 is 4.74 Å². The first-order chi connectivity index (χ1) is 9.38. The molecule has 0 spiro atoms. The highest BCUT2D eigenvalue weighted by Crippen LogP contribution is 2.36. The molecule has 0 N–H and O–H groups in total. The Kier molecular flexibility index (Phi) is 4.42. The fourth-order valence-electron chi connectivity index (χ4n) is 1.31. The standard InChI is InChI=1S/C11H4BrCl2FN2O3/c12-5-3-6(13)7(15)4-9(5)20-11-8(17(18)19)1-2-10(14)16-11/h1-4H. The van der Waals surface area contributed by atoms with Crippen LogP contribution in [0.25, 0.3) is 0 Å². The molecular formula is C11H4BrCl2FN2O3. The number of aromatic nitrogens is 1. The molecule has 0 aliphatic carbocycles. The zero-order chi connectivity index (χ0) is 14.9. The Labute approximate surface area is 130 Å². The third-order valence-corrected chi connectivity index (χ3v) is 3.30. The van der Waals surface area contributed by atoms with Gasteiger partial charge < -0.3 is 4.74 Å².